The molecule has 28 heteroatoms. The highest BCUT2D eigenvalue weighted by Gasteiger charge is 2.43. The van der Waals surface area contributed by atoms with Crippen LogP contribution in [0.1, 0.15) is 91.4 Å². The average molecular weight is 1200 g/mol. The molecule has 20 nitrogen and oxygen atoms in total. The number of carbonyl (C=O) groups excluding carboxylic acids is 10. The van der Waals surface area contributed by atoms with Crippen LogP contribution in [0.25, 0.3) is 0 Å². The predicted octanol–water partition coefficient (Wildman–Crippen LogP) is 5.48. The van der Waals surface area contributed by atoms with Gasteiger partial charge in [-0.3, -0.25) is 47.9 Å². The summed E-state index contributed by atoms with van der Waals surface area (Å²) in [5, 5.41) is 5.21. The largest absolute Gasteiger partial charge is 0.465 e. The van der Waals surface area contributed by atoms with Crippen molar-refractivity contribution in [1.82, 2.24) is 10.6 Å². The highest BCUT2D eigenvalue weighted by Crippen LogP contribution is 2.46. The molecule has 424 valence electrons. The molecule has 1 aliphatic carbocycles. The van der Waals surface area contributed by atoms with E-state index in [1.165, 1.54) is 0 Å². The Morgan fingerprint density at radius 1 is 0.432 bits per heavy atom. The summed E-state index contributed by atoms with van der Waals surface area (Å²) in [4.78, 5) is 126. The number of rotatable bonds is 37. The van der Waals surface area contributed by atoms with Gasteiger partial charge < -0.3 is 48.5 Å². The molecule has 74 heavy (non-hydrogen) atoms. The highest BCUT2D eigenvalue weighted by atomic mass is 32.2. The van der Waals surface area contributed by atoms with Gasteiger partial charge in [0.1, 0.15) is 63.7 Å². The van der Waals surface area contributed by atoms with Crippen molar-refractivity contribution in [3.05, 3.63) is 0 Å². The Morgan fingerprint density at radius 2 is 0.703 bits per heavy atom. The molecule has 2 amide bonds. The van der Waals surface area contributed by atoms with Crippen LogP contribution in [0.4, 0.5) is 9.59 Å². The fourth-order valence-corrected chi connectivity index (χ4v) is 9.79. The summed E-state index contributed by atoms with van der Waals surface area (Å²) < 4.78 is 43.3. The number of hydrogen-bond donors (Lipinski definition) is 8. The Bertz CT molecular complexity index is 1720. The van der Waals surface area contributed by atoms with E-state index in [-0.39, 0.29) is 126 Å². The molecule has 0 heterocycles. The van der Waals surface area contributed by atoms with Crippen molar-refractivity contribution >= 4 is 158 Å². The van der Waals surface area contributed by atoms with E-state index >= 15 is 0 Å². The molecule has 0 aliphatic heterocycles. The zero-order chi connectivity index (χ0) is 55.6. The fourth-order valence-electron chi connectivity index (χ4n) is 7.36. The van der Waals surface area contributed by atoms with Crippen LogP contribution in [0.3, 0.4) is 0 Å². The van der Waals surface area contributed by atoms with Crippen molar-refractivity contribution in [3.8, 4) is 0 Å². The Labute approximate surface area is 475 Å². The third-order valence-corrected chi connectivity index (χ3v) is 13.7. The van der Waals surface area contributed by atoms with Crippen LogP contribution in [0.2, 0.25) is 0 Å². The Morgan fingerprint density at radius 3 is 0.986 bits per heavy atom. The average Bonchev–Trinajstić information content (AvgIpc) is 3.32. The lowest BCUT2D eigenvalue weighted by Crippen LogP contribution is -2.49. The highest BCUT2D eigenvalue weighted by molar-refractivity contribution is 8.13. The normalized spacial score (nSPS) is 16.1. The first-order chi connectivity index (χ1) is 35.0. The van der Waals surface area contributed by atoms with Crippen LogP contribution in [0, 0.1) is 21.7 Å². The number of carbonyl (C=O) groups is 10. The Kier molecular flexibility index (Phi) is 35.8. The van der Waals surface area contributed by atoms with Crippen LogP contribution >= 0.6 is 99.3 Å². The summed E-state index contributed by atoms with van der Waals surface area (Å²) >= 11 is 26.0. The monoisotopic (exact) mass is 1200 g/mol. The van der Waals surface area contributed by atoms with E-state index in [1.807, 2.05) is 6.92 Å². The van der Waals surface area contributed by atoms with Gasteiger partial charge in [-0.05, 0) is 30.1 Å². The number of thioether (sulfide) groups is 2. The maximum Gasteiger partial charge on any atom is 0.306 e. The van der Waals surface area contributed by atoms with E-state index in [4.69, 9.17) is 37.9 Å². The molecule has 1 saturated carbocycles. The van der Waals surface area contributed by atoms with Crippen LogP contribution in [-0.2, 0) is 76.3 Å². The fraction of sp³-hybridized carbons (Fsp3) is 0.783. The topological polar surface area (TPSA) is 269 Å². The van der Waals surface area contributed by atoms with Gasteiger partial charge in [0, 0.05) is 58.6 Å². The number of esters is 8. The van der Waals surface area contributed by atoms with E-state index in [9.17, 15) is 47.9 Å². The number of amides is 2. The number of hydrogen-bond acceptors (Lipinski definition) is 26. The molecule has 2 atom stereocenters. The van der Waals surface area contributed by atoms with Gasteiger partial charge in [-0.25, -0.2) is 0 Å². The van der Waals surface area contributed by atoms with E-state index < -0.39 is 117 Å². The zero-order valence-corrected chi connectivity index (χ0v) is 49.2. The molecule has 0 spiro atoms. The molecule has 0 aromatic carbocycles. The predicted molar refractivity (Wildman–Crippen MR) is 299 cm³/mol. The standard InChI is InChI=1S/C46H74N2O18S8/c1-43(2)20-32(48-42(58)74-19-11-40(56)66-31-46(27-62-36(52)7-15-70,28-63-37(53)8-16-71)29-64-38(54)9-17-72)21-44(3,22-43)23-47-41(57)73-18-10-39(55)65-30-45(24-59-33(49)4-12-67,25-60-34(50)5-13-68)26-61-35(51)6-14-69/h32,67-72H,4-31H2,1-3H3,(H,47,57)(H,48,58). The molecule has 1 fully saturated rings. The third-order valence-electron chi connectivity index (χ3n) is 10.7. The van der Waals surface area contributed by atoms with E-state index in [0.29, 0.717) is 12.8 Å². The molecular weight excluding hydrogens is 1130 g/mol. The van der Waals surface area contributed by atoms with Gasteiger partial charge in [-0.2, -0.15) is 75.8 Å². The summed E-state index contributed by atoms with van der Waals surface area (Å²) in [7, 11) is 0. The maximum absolute atomic E-state index is 13.2. The van der Waals surface area contributed by atoms with Gasteiger partial charge in [-0.1, -0.05) is 44.3 Å². The van der Waals surface area contributed by atoms with Gasteiger partial charge in [-0.15, -0.1) is 0 Å². The van der Waals surface area contributed by atoms with Crippen molar-refractivity contribution in [1.29, 1.82) is 0 Å². The molecule has 1 aliphatic rings. The molecule has 2 N–H and O–H groups in total. The summed E-state index contributed by atoms with van der Waals surface area (Å²) in [5.74, 6) is -3.82. The van der Waals surface area contributed by atoms with Gasteiger partial charge in [0.15, 0.2) is 0 Å². The SMILES string of the molecule is CC1(C)CC(NC(=O)SCCC(=O)OCC(COC(=O)CCS)(COC(=O)CCS)COC(=O)CCS)CC(C)(CNC(=O)SCCC(=O)OCC(COC(=O)CCS)(COC(=O)CCS)COC(=O)CCS)C1. The van der Waals surface area contributed by atoms with Crippen LogP contribution in [0.15, 0.2) is 0 Å². The molecule has 0 bridgehead atoms. The van der Waals surface area contributed by atoms with Gasteiger partial charge in [0.25, 0.3) is 10.5 Å². The number of thiol groups is 6. The molecule has 0 aromatic heterocycles. The molecule has 0 radical (unpaired) electrons. The first-order valence-electron chi connectivity index (χ1n) is 23.7. The summed E-state index contributed by atoms with van der Waals surface area (Å²) in [6, 6.07) is -0.270. The van der Waals surface area contributed by atoms with Crippen molar-refractivity contribution in [3.63, 3.8) is 0 Å². The molecule has 2 unspecified atom stereocenters. The van der Waals surface area contributed by atoms with Gasteiger partial charge in [0.05, 0.1) is 51.4 Å². The first kappa shape index (κ1) is 69.5. The molecule has 0 saturated heterocycles. The minimum atomic E-state index is -1.45. The van der Waals surface area contributed by atoms with Crippen LogP contribution < -0.4 is 10.6 Å². The first-order valence-corrected chi connectivity index (χ1v) is 29.5. The van der Waals surface area contributed by atoms with Crippen molar-refractivity contribution < 1.29 is 85.8 Å². The minimum absolute atomic E-state index is 0.0263. The number of nitrogens with one attached hydrogen (secondary N) is 2. The van der Waals surface area contributed by atoms with E-state index in [1.54, 1.807) is 0 Å². The number of ether oxygens (including phenoxy) is 8. The Hall–Kier alpha value is -2.50. The summed E-state index contributed by atoms with van der Waals surface area (Å²) in [6.45, 7) is 3.04. The zero-order valence-electron chi connectivity index (χ0n) is 42.2. The second kappa shape index (κ2) is 38.1. The molecular formula is C46H74N2O18S8. The lowest BCUT2D eigenvalue weighted by Gasteiger charge is -2.46. The quantitative estimate of drug-likeness (QED) is 0.0218. The maximum atomic E-state index is 13.2. The lowest BCUT2D eigenvalue weighted by molar-refractivity contribution is -0.173. The molecule has 1 rings (SSSR count). The lowest BCUT2D eigenvalue weighted by atomic mass is 9.62. The van der Waals surface area contributed by atoms with Crippen molar-refractivity contribution in [2.45, 2.75) is 97.4 Å². The smallest absolute Gasteiger partial charge is 0.306 e. The van der Waals surface area contributed by atoms with E-state index in [2.05, 4.69) is 100 Å². The second-order valence-electron chi connectivity index (χ2n) is 18.7. The summed E-state index contributed by atoms with van der Waals surface area (Å²) in [6.07, 6.45) is 1.35. The Balaban J connectivity index is 2.85. The van der Waals surface area contributed by atoms with Crippen molar-refractivity contribution in [2.75, 3.05) is 105 Å². The van der Waals surface area contributed by atoms with Crippen molar-refractivity contribution in [2.24, 2.45) is 21.7 Å². The van der Waals surface area contributed by atoms with Crippen LogP contribution in [-0.4, -0.2) is 170 Å². The van der Waals surface area contributed by atoms with Gasteiger partial charge in [0.2, 0.25) is 0 Å². The summed E-state index contributed by atoms with van der Waals surface area (Å²) in [5.41, 5.74) is -3.56. The van der Waals surface area contributed by atoms with Gasteiger partial charge >= 0.3 is 47.8 Å². The van der Waals surface area contributed by atoms with E-state index in [0.717, 1.165) is 29.9 Å². The second-order valence-corrected chi connectivity index (χ2v) is 23.5. The minimum Gasteiger partial charge on any atom is -0.465 e. The van der Waals surface area contributed by atoms with Crippen LogP contribution in [0.5, 0.6) is 0 Å². The third kappa shape index (κ3) is 31.7. The molecule has 0 aromatic rings.